The summed E-state index contributed by atoms with van der Waals surface area (Å²) in [5, 5.41) is 0.723. The molecular weight excluding hydrogens is 318 g/mol. The van der Waals surface area contributed by atoms with Crippen LogP contribution in [0.25, 0.3) is 16.9 Å². The summed E-state index contributed by atoms with van der Waals surface area (Å²) in [5.41, 5.74) is 4.81. The van der Waals surface area contributed by atoms with Crippen LogP contribution in [0.15, 0.2) is 84.1 Å². The highest BCUT2D eigenvalue weighted by Gasteiger charge is 2.04. The molecule has 0 aliphatic carbocycles. The third kappa shape index (κ3) is 3.07. The lowest BCUT2D eigenvalue weighted by atomic mass is 10.1. The Bertz CT molecular complexity index is 983. The molecule has 2 aromatic heterocycles. The molecule has 2 heterocycles. The molecule has 0 saturated carbocycles. The molecule has 0 fully saturated rings. The molecule has 0 radical (unpaired) electrons. The van der Waals surface area contributed by atoms with Crippen LogP contribution in [0.2, 0.25) is 5.02 Å². The van der Waals surface area contributed by atoms with Gasteiger partial charge in [0.25, 0.3) is 0 Å². The second-order valence-electron chi connectivity index (χ2n) is 5.45. The number of fused-ring (bicyclic) bond motifs is 1. The van der Waals surface area contributed by atoms with Gasteiger partial charge in [-0.2, -0.15) is 0 Å². The maximum atomic E-state index is 5.90. The maximum Gasteiger partial charge on any atom is 0.137 e. The fourth-order valence-corrected chi connectivity index (χ4v) is 2.64. The highest BCUT2D eigenvalue weighted by atomic mass is 35.5. The van der Waals surface area contributed by atoms with E-state index in [1.54, 1.807) is 0 Å². The number of nitrogens with zero attached hydrogens (tertiary/aromatic N) is 3. The van der Waals surface area contributed by atoms with Crippen LogP contribution < -0.4 is 0 Å². The number of hydrogen-bond donors (Lipinski definition) is 0. The van der Waals surface area contributed by atoms with Gasteiger partial charge in [-0.1, -0.05) is 41.9 Å². The molecule has 0 aliphatic rings. The van der Waals surface area contributed by atoms with Crippen LogP contribution in [-0.4, -0.2) is 15.6 Å². The van der Waals surface area contributed by atoms with E-state index in [2.05, 4.69) is 9.98 Å². The summed E-state index contributed by atoms with van der Waals surface area (Å²) in [7, 11) is 0. The van der Waals surface area contributed by atoms with E-state index in [9.17, 15) is 0 Å². The second-order valence-corrected chi connectivity index (χ2v) is 5.89. The SMILES string of the molecule is Clc1ccc(C=Nc2cccc(-c3cn4ccccc4n3)c2)cc1. The molecule has 4 heteroatoms. The molecule has 0 amide bonds. The average molecular weight is 332 g/mol. The van der Waals surface area contributed by atoms with Gasteiger partial charge in [0.1, 0.15) is 5.65 Å². The molecule has 116 valence electrons. The number of hydrogen-bond acceptors (Lipinski definition) is 2. The minimum Gasteiger partial charge on any atom is -0.306 e. The minimum atomic E-state index is 0.723. The Balaban J connectivity index is 1.64. The number of imidazole rings is 1. The van der Waals surface area contributed by atoms with E-state index in [1.807, 2.05) is 89.7 Å². The molecule has 0 unspecified atom stereocenters. The topological polar surface area (TPSA) is 29.7 Å². The zero-order valence-electron chi connectivity index (χ0n) is 12.8. The molecule has 0 aliphatic heterocycles. The smallest absolute Gasteiger partial charge is 0.137 e. The van der Waals surface area contributed by atoms with Gasteiger partial charge in [-0.05, 0) is 42.0 Å². The van der Waals surface area contributed by atoms with Gasteiger partial charge in [0.05, 0.1) is 11.4 Å². The quantitative estimate of drug-likeness (QED) is 0.462. The Morgan fingerprint density at radius 2 is 1.83 bits per heavy atom. The molecule has 4 rings (SSSR count). The Morgan fingerprint density at radius 1 is 0.958 bits per heavy atom. The summed E-state index contributed by atoms with van der Waals surface area (Å²) in [4.78, 5) is 9.19. The third-order valence-corrected chi connectivity index (χ3v) is 3.99. The van der Waals surface area contributed by atoms with Gasteiger partial charge < -0.3 is 4.40 Å². The first kappa shape index (κ1) is 14.7. The van der Waals surface area contributed by atoms with E-state index >= 15 is 0 Å². The van der Waals surface area contributed by atoms with Gasteiger partial charge >= 0.3 is 0 Å². The van der Waals surface area contributed by atoms with E-state index < -0.39 is 0 Å². The highest BCUT2D eigenvalue weighted by Crippen LogP contribution is 2.24. The van der Waals surface area contributed by atoms with Crippen molar-refractivity contribution in [2.24, 2.45) is 4.99 Å². The third-order valence-electron chi connectivity index (χ3n) is 3.74. The predicted octanol–water partition coefficient (Wildman–Crippen LogP) is 5.41. The normalized spacial score (nSPS) is 11.4. The van der Waals surface area contributed by atoms with Gasteiger partial charge in [0, 0.05) is 29.2 Å². The van der Waals surface area contributed by atoms with Crippen molar-refractivity contribution >= 4 is 29.2 Å². The average Bonchev–Trinajstić information content (AvgIpc) is 3.06. The number of halogens is 1. The first-order valence-corrected chi connectivity index (χ1v) is 7.99. The van der Waals surface area contributed by atoms with Crippen molar-refractivity contribution in [1.29, 1.82) is 0 Å². The van der Waals surface area contributed by atoms with Crippen molar-refractivity contribution < 1.29 is 0 Å². The van der Waals surface area contributed by atoms with Gasteiger partial charge in [-0.3, -0.25) is 4.99 Å². The van der Waals surface area contributed by atoms with Gasteiger partial charge in [-0.25, -0.2) is 4.98 Å². The Morgan fingerprint density at radius 3 is 2.67 bits per heavy atom. The molecule has 0 N–H and O–H groups in total. The fourth-order valence-electron chi connectivity index (χ4n) is 2.52. The highest BCUT2D eigenvalue weighted by molar-refractivity contribution is 6.30. The van der Waals surface area contributed by atoms with Crippen LogP contribution in [0.1, 0.15) is 5.56 Å². The predicted molar refractivity (Wildman–Crippen MR) is 99.3 cm³/mol. The molecule has 2 aromatic carbocycles. The lowest BCUT2D eigenvalue weighted by Gasteiger charge is -1.99. The summed E-state index contributed by atoms with van der Waals surface area (Å²) in [5.74, 6) is 0. The molecule has 0 atom stereocenters. The van der Waals surface area contributed by atoms with Crippen molar-refractivity contribution in [2.75, 3.05) is 0 Å². The number of rotatable bonds is 3. The van der Waals surface area contributed by atoms with Crippen LogP contribution in [0.3, 0.4) is 0 Å². The van der Waals surface area contributed by atoms with Crippen LogP contribution in [0.4, 0.5) is 5.69 Å². The van der Waals surface area contributed by atoms with Crippen LogP contribution >= 0.6 is 11.6 Å². The van der Waals surface area contributed by atoms with Crippen LogP contribution in [0.5, 0.6) is 0 Å². The number of benzene rings is 2. The van der Waals surface area contributed by atoms with Crippen LogP contribution in [-0.2, 0) is 0 Å². The van der Waals surface area contributed by atoms with Gasteiger partial charge in [0.15, 0.2) is 0 Å². The molecule has 4 aromatic rings. The Kier molecular flexibility index (Phi) is 3.85. The summed E-state index contributed by atoms with van der Waals surface area (Å²) in [6.07, 6.45) is 5.85. The molecule has 0 bridgehead atoms. The monoisotopic (exact) mass is 331 g/mol. The summed E-state index contributed by atoms with van der Waals surface area (Å²) in [6, 6.07) is 21.6. The van der Waals surface area contributed by atoms with E-state index in [0.29, 0.717) is 0 Å². The largest absolute Gasteiger partial charge is 0.306 e. The first-order valence-electron chi connectivity index (χ1n) is 7.62. The molecule has 0 saturated heterocycles. The Labute approximate surface area is 144 Å². The maximum absolute atomic E-state index is 5.90. The zero-order chi connectivity index (χ0) is 16.4. The molecule has 0 spiro atoms. The molecular formula is C20H14ClN3. The van der Waals surface area contributed by atoms with E-state index in [-0.39, 0.29) is 0 Å². The van der Waals surface area contributed by atoms with Crippen molar-refractivity contribution in [1.82, 2.24) is 9.38 Å². The van der Waals surface area contributed by atoms with Crippen molar-refractivity contribution in [3.05, 3.63) is 89.7 Å². The van der Waals surface area contributed by atoms with Gasteiger partial charge in [-0.15, -0.1) is 0 Å². The summed E-state index contributed by atoms with van der Waals surface area (Å²) >= 11 is 5.90. The zero-order valence-corrected chi connectivity index (χ0v) is 13.6. The van der Waals surface area contributed by atoms with Crippen molar-refractivity contribution in [2.45, 2.75) is 0 Å². The summed E-state index contributed by atoms with van der Waals surface area (Å²) in [6.45, 7) is 0. The first-order chi connectivity index (χ1) is 11.8. The molecule has 3 nitrogen and oxygen atoms in total. The number of aliphatic imine (C=N–C) groups is 1. The standard InChI is InChI=1S/C20H14ClN3/c21-17-9-7-15(8-10-17)13-22-18-5-3-4-16(12-18)19-14-24-11-2-1-6-20(24)23-19/h1-14H. The second kappa shape index (κ2) is 6.30. The minimum absolute atomic E-state index is 0.723. The fraction of sp³-hybridized carbons (Fsp3) is 0. The van der Waals surface area contributed by atoms with E-state index in [1.165, 1.54) is 0 Å². The Hall–Kier alpha value is -2.91. The van der Waals surface area contributed by atoms with Crippen molar-refractivity contribution in [3.63, 3.8) is 0 Å². The lowest BCUT2D eigenvalue weighted by molar-refractivity contribution is 1.19. The van der Waals surface area contributed by atoms with Gasteiger partial charge in [0.2, 0.25) is 0 Å². The lowest BCUT2D eigenvalue weighted by Crippen LogP contribution is -1.80. The van der Waals surface area contributed by atoms with E-state index in [0.717, 1.165) is 33.2 Å². The number of pyridine rings is 1. The molecule has 24 heavy (non-hydrogen) atoms. The summed E-state index contributed by atoms with van der Waals surface area (Å²) < 4.78 is 2.01. The van der Waals surface area contributed by atoms with E-state index in [4.69, 9.17) is 11.6 Å². The number of aromatic nitrogens is 2. The van der Waals surface area contributed by atoms with Crippen LogP contribution in [0, 0.1) is 0 Å². The van der Waals surface area contributed by atoms with Crippen molar-refractivity contribution in [3.8, 4) is 11.3 Å².